The van der Waals surface area contributed by atoms with E-state index in [0.29, 0.717) is 5.75 Å². The third-order valence-corrected chi connectivity index (χ3v) is 3.96. The molecule has 0 heterocycles. The summed E-state index contributed by atoms with van der Waals surface area (Å²) in [5, 5.41) is 10.1. The van der Waals surface area contributed by atoms with Crippen LogP contribution in [0.15, 0.2) is 49.1 Å². The summed E-state index contributed by atoms with van der Waals surface area (Å²) in [6.07, 6.45) is 5.92. The number of rotatable bonds is 5. The fourth-order valence-corrected chi connectivity index (χ4v) is 2.71. The Morgan fingerprint density at radius 2 is 1.95 bits per heavy atom. The number of phenols is 1. The van der Waals surface area contributed by atoms with Crippen LogP contribution in [0, 0.1) is 6.92 Å². The second-order valence-corrected chi connectivity index (χ2v) is 5.77. The van der Waals surface area contributed by atoms with E-state index in [-0.39, 0.29) is 0 Å². The lowest BCUT2D eigenvalue weighted by molar-refractivity contribution is 0.467. The Kier molecular flexibility index (Phi) is 5.21. The number of allylic oxidation sites excluding steroid dienone is 2. The summed E-state index contributed by atoms with van der Waals surface area (Å²) in [4.78, 5) is 0. The van der Waals surface area contributed by atoms with Gasteiger partial charge < -0.3 is 5.11 Å². The highest BCUT2D eigenvalue weighted by molar-refractivity contribution is 5.67. The van der Waals surface area contributed by atoms with Gasteiger partial charge in [0.15, 0.2) is 0 Å². The lowest BCUT2D eigenvalue weighted by Crippen LogP contribution is -1.97. The van der Waals surface area contributed by atoms with E-state index in [4.69, 9.17) is 0 Å². The van der Waals surface area contributed by atoms with E-state index in [2.05, 4.69) is 43.9 Å². The van der Waals surface area contributed by atoms with Gasteiger partial charge in [-0.2, -0.15) is 0 Å². The zero-order chi connectivity index (χ0) is 16.1. The summed E-state index contributed by atoms with van der Waals surface area (Å²) in [6, 6.07) is 12.2. The van der Waals surface area contributed by atoms with Gasteiger partial charge in [0.2, 0.25) is 0 Å². The SMILES string of the molecule is C=C(C)c1cccc(O)c1CCc1ccc(C)c(/C=C\C)c1. The highest BCUT2D eigenvalue weighted by Crippen LogP contribution is 2.27. The average Bonchev–Trinajstić information content (AvgIpc) is 2.49. The van der Waals surface area contributed by atoms with E-state index in [1.807, 2.05) is 26.0 Å². The van der Waals surface area contributed by atoms with Gasteiger partial charge in [0.25, 0.3) is 0 Å². The van der Waals surface area contributed by atoms with Gasteiger partial charge in [0, 0.05) is 5.56 Å². The molecule has 0 fully saturated rings. The molecule has 0 aliphatic heterocycles. The molecule has 0 spiro atoms. The predicted molar refractivity (Wildman–Crippen MR) is 96.1 cm³/mol. The summed E-state index contributed by atoms with van der Waals surface area (Å²) in [5.74, 6) is 0.362. The summed E-state index contributed by atoms with van der Waals surface area (Å²) in [6.45, 7) is 10.2. The van der Waals surface area contributed by atoms with Crippen molar-refractivity contribution in [3.8, 4) is 5.75 Å². The van der Waals surface area contributed by atoms with Crippen molar-refractivity contribution in [2.45, 2.75) is 33.6 Å². The largest absolute Gasteiger partial charge is 0.508 e. The van der Waals surface area contributed by atoms with Crippen molar-refractivity contribution in [2.24, 2.45) is 0 Å². The third-order valence-electron chi connectivity index (χ3n) is 3.96. The van der Waals surface area contributed by atoms with E-state index in [1.165, 1.54) is 16.7 Å². The lowest BCUT2D eigenvalue weighted by atomic mass is 9.94. The number of hydrogen-bond donors (Lipinski definition) is 1. The van der Waals surface area contributed by atoms with E-state index in [9.17, 15) is 5.11 Å². The van der Waals surface area contributed by atoms with Crippen molar-refractivity contribution in [1.82, 2.24) is 0 Å². The van der Waals surface area contributed by atoms with Crippen molar-refractivity contribution in [3.63, 3.8) is 0 Å². The van der Waals surface area contributed by atoms with Crippen LogP contribution < -0.4 is 0 Å². The highest BCUT2D eigenvalue weighted by Gasteiger charge is 2.09. The van der Waals surface area contributed by atoms with Crippen molar-refractivity contribution < 1.29 is 5.11 Å². The molecule has 22 heavy (non-hydrogen) atoms. The van der Waals surface area contributed by atoms with Crippen LogP contribution in [-0.2, 0) is 12.8 Å². The van der Waals surface area contributed by atoms with Gasteiger partial charge in [-0.15, -0.1) is 0 Å². The van der Waals surface area contributed by atoms with Crippen LogP contribution in [0.5, 0.6) is 5.75 Å². The quantitative estimate of drug-likeness (QED) is 0.765. The molecule has 0 aliphatic rings. The van der Waals surface area contributed by atoms with Crippen LogP contribution in [0.3, 0.4) is 0 Å². The molecular formula is C21H24O. The minimum atomic E-state index is 0.362. The molecule has 0 amide bonds. The third kappa shape index (κ3) is 3.67. The van der Waals surface area contributed by atoms with Crippen LogP contribution in [0.2, 0.25) is 0 Å². The van der Waals surface area contributed by atoms with Gasteiger partial charge in [-0.3, -0.25) is 0 Å². The summed E-state index contributed by atoms with van der Waals surface area (Å²) >= 11 is 0. The zero-order valence-electron chi connectivity index (χ0n) is 13.7. The molecule has 0 bridgehead atoms. The lowest BCUT2D eigenvalue weighted by Gasteiger charge is -2.12. The second kappa shape index (κ2) is 7.13. The van der Waals surface area contributed by atoms with Crippen molar-refractivity contribution in [2.75, 3.05) is 0 Å². The van der Waals surface area contributed by atoms with Gasteiger partial charge in [-0.25, -0.2) is 0 Å². The molecule has 114 valence electrons. The van der Waals surface area contributed by atoms with Crippen molar-refractivity contribution in [1.29, 1.82) is 0 Å². The molecule has 0 saturated carbocycles. The number of benzene rings is 2. The molecule has 0 saturated heterocycles. The Balaban J connectivity index is 2.24. The Labute approximate surface area is 133 Å². The molecule has 0 radical (unpaired) electrons. The first kappa shape index (κ1) is 16.1. The van der Waals surface area contributed by atoms with Crippen LogP contribution >= 0.6 is 0 Å². The first-order valence-electron chi connectivity index (χ1n) is 7.72. The van der Waals surface area contributed by atoms with Crippen LogP contribution in [0.4, 0.5) is 0 Å². The van der Waals surface area contributed by atoms with Crippen LogP contribution in [0.1, 0.15) is 41.7 Å². The fourth-order valence-electron chi connectivity index (χ4n) is 2.71. The Morgan fingerprint density at radius 1 is 1.18 bits per heavy atom. The minimum Gasteiger partial charge on any atom is -0.508 e. The maximum absolute atomic E-state index is 10.1. The topological polar surface area (TPSA) is 20.2 Å². The highest BCUT2D eigenvalue weighted by atomic mass is 16.3. The number of phenolic OH excluding ortho intramolecular Hbond substituents is 1. The Morgan fingerprint density at radius 3 is 2.64 bits per heavy atom. The summed E-state index contributed by atoms with van der Waals surface area (Å²) in [7, 11) is 0. The summed E-state index contributed by atoms with van der Waals surface area (Å²) in [5.41, 5.74) is 6.87. The van der Waals surface area contributed by atoms with E-state index >= 15 is 0 Å². The molecule has 0 aromatic heterocycles. The first-order valence-corrected chi connectivity index (χ1v) is 7.72. The maximum Gasteiger partial charge on any atom is 0.119 e. The van der Waals surface area contributed by atoms with Gasteiger partial charge in [0.1, 0.15) is 5.75 Å². The molecule has 1 heteroatoms. The molecule has 0 atom stereocenters. The molecule has 0 aliphatic carbocycles. The normalized spacial score (nSPS) is 11.0. The number of aromatic hydroxyl groups is 1. The molecule has 2 aromatic rings. The smallest absolute Gasteiger partial charge is 0.119 e. The first-order chi connectivity index (χ1) is 10.5. The van der Waals surface area contributed by atoms with E-state index in [0.717, 1.165) is 29.5 Å². The predicted octanol–water partition coefficient (Wildman–Crippen LogP) is 5.55. The Bertz CT molecular complexity index is 708. The minimum absolute atomic E-state index is 0.362. The van der Waals surface area contributed by atoms with Gasteiger partial charge >= 0.3 is 0 Å². The monoisotopic (exact) mass is 292 g/mol. The van der Waals surface area contributed by atoms with Gasteiger partial charge in [-0.05, 0) is 61.9 Å². The molecule has 1 N–H and O–H groups in total. The maximum atomic E-state index is 10.1. The van der Waals surface area contributed by atoms with Crippen molar-refractivity contribution >= 4 is 11.6 Å². The van der Waals surface area contributed by atoms with Crippen LogP contribution in [-0.4, -0.2) is 5.11 Å². The molecule has 2 aromatic carbocycles. The number of aryl methyl sites for hydroxylation is 2. The van der Waals surface area contributed by atoms with Gasteiger partial charge in [0.05, 0.1) is 0 Å². The zero-order valence-corrected chi connectivity index (χ0v) is 13.7. The number of hydrogen-bond acceptors (Lipinski definition) is 1. The van der Waals surface area contributed by atoms with Crippen LogP contribution in [0.25, 0.3) is 11.6 Å². The van der Waals surface area contributed by atoms with Gasteiger partial charge in [-0.1, -0.05) is 54.6 Å². The molecule has 2 rings (SSSR count). The van der Waals surface area contributed by atoms with E-state index in [1.54, 1.807) is 6.07 Å². The standard InChI is InChI=1S/C21H24O/c1-5-7-18-14-17(11-10-16(18)4)12-13-20-19(15(2)3)8-6-9-21(20)22/h5-11,14,22H,2,12-13H2,1,3-4H3/b7-5-. The molecule has 0 unspecified atom stereocenters. The average molecular weight is 292 g/mol. The van der Waals surface area contributed by atoms with E-state index < -0.39 is 0 Å². The summed E-state index contributed by atoms with van der Waals surface area (Å²) < 4.78 is 0. The second-order valence-electron chi connectivity index (χ2n) is 5.77. The fraction of sp³-hybridized carbons (Fsp3) is 0.238. The van der Waals surface area contributed by atoms with Crippen molar-refractivity contribution in [3.05, 3.63) is 76.9 Å². The molecule has 1 nitrogen and oxygen atoms in total. The molecular weight excluding hydrogens is 268 g/mol. The Hall–Kier alpha value is -2.28.